The van der Waals surface area contributed by atoms with E-state index in [-0.39, 0.29) is 49.3 Å². The third-order valence-corrected chi connectivity index (χ3v) is 12.1. The zero-order chi connectivity index (χ0) is 42.2. The summed E-state index contributed by atoms with van der Waals surface area (Å²) in [6.45, 7) is 14.4. The van der Waals surface area contributed by atoms with E-state index in [4.69, 9.17) is 18.9 Å². The Balaban J connectivity index is 0.000000190. The summed E-state index contributed by atoms with van der Waals surface area (Å²) < 4.78 is 100. The molecule has 0 aromatic heterocycles. The molecule has 0 amide bonds. The molecule has 1 saturated carbocycles. The number of aliphatic hydroxyl groups is 1. The van der Waals surface area contributed by atoms with Crippen LogP contribution in [0.1, 0.15) is 118 Å². The summed E-state index contributed by atoms with van der Waals surface area (Å²) in [5.41, 5.74) is -8.54. The van der Waals surface area contributed by atoms with Gasteiger partial charge in [-0.2, -0.15) is 26.3 Å². The highest BCUT2D eigenvalue weighted by Crippen LogP contribution is 2.57. The first-order chi connectivity index (χ1) is 25.8. The molecule has 6 rings (SSSR count). The summed E-state index contributed by atoms with van der Waals surface area (Å²) in [5.74, 6) is -0.851. The van der Waals surface area contributed by atoms with Crippen molar-refractivity contribution in [1.29, 1.82) is 0 Å². The quantitative estimate of drug-likeness (QED) is 0.145. The molecule has 2 aromatic carbocycles. The fraction of sp³-hybridized carbons (Fsp3) is 0.683. The van der Waals surface area contributed by atoms with Gasteiger partial charge in [-0.25, -0.2) is 0 Å². The molecule has 3 saturated heterocycles. The van der Waals surface area contributed by atoms with Crippen molar-refractivity contribution in [2.24, 2.45) is 16.7 Å². The molecule has 15 heteroatoms. The van der Waals surface area contributed by atoms with E-state index in [0.717, 1.165) is 11.8 Å². The molecule has 56 heavy (non-hydrogen) atoms. The predicted molar refractivity (Wildman–Crippen MR) is 193 cm³/mol. The molecule has 6 unspecified atom stereocenters. The average molecular weight is 805 g/mol. The summed E-state index contributed by atoms with van der Waals surface area (Å²) in [6.07, 6.45) is -12.0. The molecule has 9 nitrogen and oxygen atoms in total. The van der Waals surface area contributed by atoms with Crippen LogP contribution in [0.5, 0.6) is 5.75 Å². The van der Waals surface area contributed by atoms with Crippen LogP contribution in [0.4, 0.5) is 26.3 Å². The number of fused-ring (bicyclic) bond motifs is 2. The van der Waals surface area contributed by atoms with Crippen molar-refractivity contribution in [1.82, 2.24) is 0 Å². The van der Waals surface area contributed by atoms with Gasteiger partial charge < -0.3 is 29.2 Å². The average Bonchev–Trinajstić information content (AvgIpc) is 3.90. The molecular formula is C41H54F6O9. The summed E-state index contributed by atoms with van der Waals surface area (Å²) in [4.78, 5) is 35.7. The standard InChI is InChI=1S/C14H20F6O3.C14H16O.C13H18O5/c1-4-10(2,3)9(21)23-11(7-5-6-8-11)12(22,13(15,16)17)14(18,19)20;1-3-10(2)11-4-5-13-9-14(15)7-6-12(13)8-11;1-4-13(2,3)12(15)18-9-7-5-6-8(16-7)10(9)17-11(6)14/h22H,4-8H2,1-3H3;4-10,15H,3H2,1-2H3;6-10H,4-5H2,1-3H3. The van der Waals surface area contributed by atoms with Crippen LogP contribution < -0.4 is 0 Å². The second kappa shape index (κ2) is 16.3. The Kier molecular flexibility index (Phi) is 13.2. The van der Waals surface area contributed by atoms with Gasteiger partial charge >= 0.3 is 30.3 Å². The maximum absolute atomic E-state index is 13.2. The maximum Gasteiger partial charge on any atom is 0.430 e. The molecule has 3 heterocycles. The Hall–Kier alpha value is -3.59. The lowest BCUT2D eigenvalue weighted by molar-refractivity contribution is -0.412. The van der Waals surface area contributed by atoms with Crippen molar-refractivity contribution >= 4 is 28.7 Å². The number of phenols is 1. The molecule has 0 radical (unpaired) electrons. The molecule has 2 N–H and O–H groups in total. The molecule has 3 aliphatic heterocycles. The molecule has 2 aromatic rings. The Bertz CT molecular complexity index is 1720. The number of hydrogen-bond acceptors (Lipinski definition) is 9. The molecular weight excluding hydrogens is 750 g/mol. The Morgan fingerprint density at radius 3 is 1.93 bits per heavy atom. The van der Waals surface area contributed by atoms with Crippen LogP contribution in [0, 0.1) is 16.7 Å². The minimum atomic E-state index is -6.02. The van der Waals surface area contributed by atoms with Gasteiger partial charge in [0.1, 0.15) is 11.9 Å². The monoisotopic (exact) mass is 804 g/mol. The highest BCUT2D eigenvalue weighted by atomic mass is 19.4. The van der Waals surface area contributed by atoms with Crippen molar-refractivity contribution in [3.05, 3.63) is 42.0 Å². The van der Waals surface area contributed by atoms with E-state index in [0.29, 0.717) is 24.5 Å². The number of esters is 3. The first kappa shape index (κ1) is 45.1. The van der Waals surface area contributed by atoms with Gasteiger partial charge in [-0.1, -0.05) is 52.0 Å². The normalized spacial score (nSPS) is 24.8. The molecule has 0 spiro atoms. The number of halogens is 6. The third kappa shape index (κ3) is 8.63. The van der Waals surface area contributed by atoms with Crippen LogP contribution in [0.3, 0.4) is 0 Å². The van der Waals surface area contributed by atoms with Crippen LogP contribution in [0.15, 0.2) is 36.4 Å². The van der Waals surface area contributed by atoms with E-state index in [1.165, 1.54) is 24.8 Å². The van der Waals surface area contributed by atoms with E-state index < -0.39 is 65.4 Å². The lowest BCUT2D eigenvalue weighted by Gasteiger charge is -2.46. The number of ether oxygens (including phenoxy) is 4. The highest BCUT2D eigenvalue weighted by molar-refractivity contribution is 5.84. The maximum atomic E-state index is 13.2. The lowest BCUT2D eigenvalue weighted by atomic mass is 9.79. The number of carbonyl (C=O) groups excluding carboxylic acids is 3. The third-order valence-electron chi connectivity index (χ3n) is 12.1. The van der Waals surface area contributed by atoms with Gasteiger partial charge in [0.05, 0.1) is 22.9 Å². The fourth-order valence-corrected chi connectivity index (χ4v) is 7.22. The Labute approximate surface area is 323 Å². The van der Waals surface area contributed by atoms with Crippen LogP contribution in [0.2, 0.25) is 0 Å². The van der Waals surface area contributed by atoms with Gasteiger partial charge in [0.25, 0.3) is 5.60 Å². The molecule has 6 atom stereocenters. The molecule has 1 aliphatic carbocycles. The number of hydrogen-bond donors (Lipinski definition) is 2. The first-order valence-electron chi connectivity index (χ1n) is 19.2. The van der Waals surface area contributed by atoms with Crippen LogP contribution in [0.25, 0.3) is 10.8 Å². The van der Waals surface area contributed by atoms with Gasteiger partial charge in [0.2, 0.25) is 0 Å². The second-order valence-corrected chi connectivity index (χ2v) is 16.6. The van der Waals surface area contributed by atoms with Crippen molar-refractivity contribution in [2.45, 2.75) is 161 Å². The Morgan fingerprint density at radius 1 is 0.857 bits per heavy atom. The zero-order valence-corrected chi connectivity index (χ0v) is 33.1. The van der Waals surface area contributed by atoms with Crippen LogP contribution in [-0.2, 0) is 33.3 Å². The van der Waals surface area contributed by atoms with Gasteiger partial charge in [-0.05, 0) is 113 Å². The fourth-order valence-electron chi connectivity index (χ4n) is 7.22. The summed E-state index contributed by atoms with van der Waals surface area (Å²) in [6, 6.07) is 11.9. The van der Waals surface area contributed by atoms with Crippen molar-refractivity contribution in [2.75, 3.05) is 0 Å². The second-order valence-electron chi connectivity index (χ2n) is 16.6. The SMILES string of the molecule is CCC(C)(C)C(=O)OC1(C(O)(C(F)(F)F)C(F)(F)F)CCCC1.CCC(C)(C)C(=O)OC1C2CC3C(=O)OC1C3O2.CCC(C)c1ccc2cc(O)ccc2c1. The van der Waals surface area contributed by atoms with Crippen molar-refractivity contribution in [3.63, 3.8) is 0 Å². The van der Waals surface area contributed by atoms with Gasteiger partial charge in [0.15, 0.2) is 17.8 Å². The van der Waals surface area contributed by atoms with Crippen LogP contribution in [-0.4, -0.2) is 76.1 Å². The molecule has 4 fully saturated rings. The van der Waals surface area contributed by atoms with Crippen molar-refractivity contribution in [3.8, 4) is 5.75 Å². The smallest absolute Gasteiger partial charge is 0.430 e. The van der Waals surface area contributed by atoms with E-state index in [1.807, 2.05) is 26.8 Å². The predicted octanol–water partition coefficient (Wildman–Crippen LogP) is 9.24. The minimum absolute atomic E-state index is 0.00565. The molecule has 2 bridgehead atoms. The van der Waals surface area contributed by atoms with Gasteiger partial charge in [-0.15, -0.1) is 0 Å². The van der Waals surface area contributed by atoms with E-state index in [1.54, 1.807) is 19.1 Å². The minimum Gasteiger partial charge on any atom is -0.508 e. The lowest BCUT2D eigenvalue weighted by Crippen LogP contribution is -2.71. The molecule has 314 valence electrons. The summed E-state index contributed by atoms with van der Waals surface area (Å²) in [7, 11) is 0. The summed E-state index contributed by atoms with van der Waals surface area (Å²) >= 11 is 0. The number of carbonyl (C=O) groups is 3. The van der Waals surface area contributed by atoms with Gasteiger partial charge in [-0.3, -0.25) is 14.4 Å². The summed E-state index contributed by atoms with van der Waals surface area (Å²) in [5, 5.41) is 21.3. The number of phenolic OH excluding ortho intramolecular Hbond substituents is 1. The van der Waals surface area contributed by atoms with E-state index >= 15 is 0 Å². The number of rotatable bonds is 9. The number of alkyl halides is 6. The topological polar surface area (TPSA) is 129 Å². The van der Waals surface area contributed by atoms with Gasteiger partial charge in [0, 0.05) is 0 Å². The molecule has 4 aliphatic rings. The highest BCUT2D eigenvalue weighted by Gasteiger charge is 2.81. The number of aromatic hydroxyl groups is 1. The van der Waals surface area contributed by atoms with Crippen molar-refractivity contribution < 1.29 is 69.9 Å². The van der Waals surface area contributed by atoms with E-state index in [2.05, 4.69) is 32.0 Å². The van der Waals surface area contributed by atoms with E-state index in [9.17, 15) is 50.9 Å². The zero-order valence-electron chi connectivity index (χ0n) is 33.1. The first-order valence-corrected chi connectivity index (χ1v) is 19.2. The largest absolute Gasteiger partial charge is 0.508 e. The number of benzene rings is 2. The Morgan fingerprint density at radius 2 is 1.39 bits per heavy atom. The van der Waals surface area contributed by atoms with Crippen LogP contribution >= 0.6 is 0 Å².